The number of hydrogen-bond donors (Lipinski definition) is 0. The number of cyclic esters (lactones) is 1. The Hall–Kier alpha value is -3.60. The number of aryl methyl sites for hydroxylation is 1. The highest BCUT2D eigenvalue weighted by atomic mass is 16.6. The molecule has 5 nitrogen and oxygen atoms in total. The predicted molar refractivity (Wildman–Crippen MR) is 118 cm³/mol. The normalized spacial score (nSPS) is 15.7. The van der Waals surface area contributed by atoms with Crippen molar-refractivity contribution in [3.63, 3.8) is 0 Å². The Labute approximate surface area is 182 Å². The van der Waals surface area contributed by atoms with Crippen LogP contribution in [0.25, 0.3) is 0 Å². The Morgan fingerprint density at radius 3 is 2.26 bits per heavy atom. The zero-order chi connectivity index (χ0) is 21.6. The Kier molecular flexibility index (Phi) is 6.32. The molecule has 158 valence electrons. The van der Waals surface area contributed by atoms with Crippen molar-refractivity contribution in [2.75, 3.05) is 13.7 Å². The summed E-state index contributed by atoms with van der Waals surface area (Å²) in [6.45, 7) is 0.179. The molecule has 3 aromatic rings. The molecule has 0 aromatic heterocycles. The standard InChI is InChI=1S/C26H25NO4/c1-30-22-14-8-9-19(17-22)15-16-24(28)27-23(18-31-26(27)29)25(20-10-4-2-5-11-20)21-12-6-3-7-13-21/h2-14,17,23,25H,15-16,18H2,1H3/t23-/m0/s1. The van der Waals surface area contributed by atoms with Crippen LogP contribution in [0.1, 0.15) is 29.0 Å². The summed E-state index contributed by atoms with van der Waals surface area (Å²) in [7, 11) is 1.61. The van der Waals surface area contributed by atoms with Gasteiger partial charge in [-0.05, 0) is 35.2 Å². The second-order valence-electron chi connectivity index (χ2n) is 7.56. The summed E-state index contributed by atoms with van der Waals surface area (Å²) in [6.07, 6.45) is 0.167. The summed E-state index contributed by atoms with van der Waals surface area (Å²) in [5.41, 5.74) is 3.07. The first-order valence-corrected chi connectivity index (χ1v) is 10.4. The molecule has 1 aliphatic heterocycles. The molecular weight excluding hydrogens is 390 g/mol. The van der Waals surface area contributed by atoms with E-state index in [9.17, 15) is 9.59 Å². The molecule has 0 radical (unpaired) electrons. The first-order chi connectivity index (χ1) is 15.2. The lowest BCUT2D eigenvalue weighted by molar-refractivity contribution is -0.129. The number of benzene rings is 3. The summed E-state index contributed by atoms with van der Waals surface area (Å²) in [5, 5.41) is 0. The third-order valence-corrected chi connectivity index (χ3v) is 5.64. The van der Waals surface area contributed by atoms with Gasteiger partial charge in [-0.2, -0.15) is 0 Å². The highest BCUT2D eigenvalue weighted by molar-refractivity contribution is 5.94. The zero-order valence-electron chi connectivity index (χ0n) is 17.4. The largest absolute Gasteiger partial charge is 0.497 e. The molecule has 3 aromatic carbocycles. The van der Waals surface area contributed by atoms with E-state index in [0.717, 1.165) is 22.4 Å². The number of amides is 2. The minimum atomic E-state index is -0.572. The fraction of sp³-hybridized carbons (Fsp3) is 0.231. The minimum absolute atomic E-state index is 0.158. The van der Waals surface area contributed by atoms with E-state index in [4.69, 9.17) is 9.47 Å². The maximum absolute atomic E-state index is 13.2. The van der Waals surface area contributed by atoms with Crippen molar-refractivity contribution >= 4 is 12.0 Å². The lowest BCUT2D eigenvalue weighted by atomic mass is 9.84. The van der Waals surface area contributed by atoms with Crippen molar-refractivity contribution < 1.29 is 19.1 Å². The SMILES string of the molecule is COc1cccc(CCC(=O)N2C(=O)OC[C@H]2C(c2ccccc2)c2ccccc2)c1. The Bertz CT molecular complexity index is 996. The highest BCUT2D eigenvalue weighted by Gasteiger charge is 2.43. The van der Waals surface area contributed by atoms with Crippen LogP contribution in [-0.2, 0) is 16.0 Å². The van der Waals surface area contributed by atoms with Gasteiger partial charge in [0, 0.05) is 12.3 Å². The Morgan fingerprint density at radius 2 is 1.65 bits per heavy atom. The number of ether oxygens (including phenoxy) is 2. The molecule has 5 heteroatoms. The van der Waals surface area contributed by atoms with Crippen LogP contribution in [0, 0.1) is 0 Å². The Morgan fingerprint density at radius 1 is 1.00 bits per heavy atom. The van der Waals surface area contributed by atoms with E-state index in [0.29, 0.717) is 6.42 Å². The van der Waals surface area contributed by atoms with E-state index in [1.165, 1.54) is 4.90 Å². The topological polar surface area (TPSA) is 55.8 Å². The van der Waals surface area contributed by atoms with Gasteiger partial charge in [0.15, 0.2) is 0 Å². The minimum Gasteiger partial charge on any atom is -0.497 e. The molecule has 0 saturated carbocycles. The molecule has 0 spiro atoms. The van der Waals surface area contributed by atoms with Gasteiger partial charge in [-0.15, -0.1) is 0 Å². The van der Waals surface area contributed by atoms with Gasteiger partial charge < -0.3 is 9.47 Å². The van der Waals surface area contributed by atoms with Gasteiger partial charge in [-0.3, -0.25) is 4.79 Å². The summed E-state index contributed by atoms with van der Waals surface area (Å²) < 4.78 is 10.6. The van der Waals surface area contributed by atoms with Crippen LogP contribution < -0.4 is 4.74 Å². The van der Waals surface area contributed by atoms with Crippen LogP contribution in [0.15, 0.2) is 84.9 Å². The van der Waals surface area contributed by atoms with Gasteiger partial charge in [0.25, 0.3) is 0 Å². The molecule has 0 unspecified atom stereocenters. The molecule has 1 saturated heterocycles. The number of carbonyl (C=O) groups excluding carboxylic acids is 2. The molecule has 2 amide bonds. The van der Waals surface area contributed by atoms with Crippen LogP contribution in [-0.4, -0.2) is 36.7 Å². The quantitative estimate of drug-likeness (QED) is 0.556. The number of methoxy groups -OCH3 is 1. The van der Waals surface area contributed by atoms with Gasteiger partial charge in [0.05, 0.1) is 13.2 Å². The molecule has 1 atom stereocenters. The van der Waals surface area contributed by atoms with Gasteiger partial charge in [0.2, 0.25) is 5.91 Å². The van der Waals surface area contributed by atoms with Crippen molar-refractivity contribution in [3.8, 4) is 5.75 Å². The average molecular weight is 415 g/mol. The fourth-order valence-electron chi connectivity index (χ4n) is 4.13. The number of rotatable bonds is 7. The number of nitrogens with zero attached hydrogens (tertiary/aromatic N) is 1. The van der Waals surface area contributed by atoms with E-state index in [1.807, 2.05) is 84.9 Å². The summed E-state index contributed by atoms with van der Waals surface area (Å²) in [5.74, 6) is 0.360. The van der Waals surface area contributed by atoms with Crippen LogP contribution in [0.5, 0.6) is 5.75 Å². The van der Waals surface area contributed by atoms with Crippen molar-refractivity contribution in [2.45, 2.75) is 24.8 Å². The maximum Gasteiger partial charge on any atom is 0.417 e. The van der Waals surface area contributed by atoms with E-state index in [1.54, 1.807) is 7.11 Å². The molecule has 0 bridgehead atoms. The van der Waals surface area contributed by atoms with Crippen molar-refractivity contribution in [1.29, 1.82) is 0 Å². The highest BCUT2D eigenvalue weighted by Crippen LogP contribution is 2.34. The maximum atomic E-state index is 13.2. The fourth-order valence-corrected chi connectivity index (χ4v) is 4.13. The number of hydrogen-bond acceptors (Lipinski definition) is 4. The number of imide groups is 1. The van der Waals surface area contributed by atoms with Gasteiger partial charge in [-0.1, -0.05) is 72.8 Å². The zero-order valence-corrected chi connectivity index (χ0v) is 17.4. The van der Waals surface area contributed by atoms with Crippen molar-refractivity contribution in [3.05, 3.63) is 102 Å². The van der Waals surface area contributed by atoms with E-state index in [2.05, 4.69) is 0 Å². The third kappa shape index (κ3) is 4.61. The molecule has 1 fully saturated rings. The molecule has 4 rings (SSSR count). The van der Waals surface area contributed by atoms with E-state index in [-0.39, 0.29) is 24.9 Å². The predicted octanol–water partition coefficient (Wildman–Crippen LogP) is 4.81. The van der Waals surface area contributed by atoms with Crippen LogP contribution in [0.3, 0.4) is 0 Å². The molecule has 0 N–H and O–H groups in total. The molecule has 1 aliphatic rings. The molecule has 0 aliphatic carbocycles. The third-order valence-electron chi connectivity index (χ3n) is 5.64. The monoisotopic (exact) mass is 415 g/mol. The van der Waals surface area contributed by atoms with Crippen molar-refractivity contribution in [2.24, 2.45) is 0 Å². The Balaban J connectivity index is 1.58. The van der Waals surface area contributed by atoms with E-state index < -0.39 is 12.1 Å². The smallest absolute Gasteiger partial charge is 0.417 e. The van der Waals surface area contributed by atoms with Gasteiger partial charge in [0.1, 0.15) is 12.4 Å². The van der Waals surface area contributed by atoms with Gasteiger partial charge >= 0.3 is 6.09 Å². The second kappa shape index (κ2) is 9.47. The summed E-state index contributed by atoms with van der Waals surface area (Å²) >= 11 is 0. The van der Waals surface area contributed by atoms with Crippen LogP contribution >= 0.6 is 0 Å². The van der Waals surface area contributed by atoms with Crippen molar-refractivity contribution in [1.82, 2.24) is 4.90 Å². The first kappa shape index (κ1) is 20.7. The average Bonchev–Trinajstić information content (AvgIpc) is 3.20. The molecular formula is C26H25NO4. The number of carbonyl (C=O) groups is 2. The summed E-state index contributed by atoms with van der Waals surface area (Å²) in [4.78, 5) is 27.0. The molecule has 1 heterocycles. The lowest BCUT2D eigenvalue weighted by Gasteiger charge is -2.29. The second-order valence-corrected chi connectivity index (χ2v) is 7.56. The van der Waals surface area contributed by atoms with Crippen LogP contribution in [0.4, 0.5) is 4.79 Å². The van der Waals surface area contributed by atoms with Gasteiger partial charge in [-0.25, -0.2) is 9.69 Å². The van der Waals surface area contributed by atoms with E-state index >= 15 is 0 Å². The lowest BCUT2D eigenvalue weighted by Crippen LogP contribution is -2.42. The summed E-state index contributed by atoms with van der Waals surface area (Å²) in [6, 6.07) is 27.1. The van der Waals surface area contributed by atoms with Crippen LogP contribution in [0.2, 0.25) is 0 Å². The molecule has 31 heavy (non-hydrogen) atoms. The first-order valence-electron chi connectivity index (χ1n) is 10.4.